The molecule has 25 heavy (non-hydrogen) atoms. The summed E-state index contributed by atoms with van der Waals surface area (Å²) in [4.78, 5) is 14.9. The SMILES string of the molecule is CCCc1c(C(=O)N2CCc3cc(OC)c(OC)cc3C2)cnn1C. The van der Waals surface area contributed by atoms with Crippen LogP contribution in [0.15, 0.2) is 18.3 Å². The normalized spacial score (nSPS) is 13.5. The highest BCUT2D eigenvalue weighted by atomic mass is 16.5. The molecule has 2 heterocycles. The van der Waals surface area contributed by atoms with Crippen LogP contribution in [-0.2, 0) is 26.4 Å². The quantitative estimate of drug-likeness (QED) is 0.837. The Morgan fingerprint density at radius 2 is 1.88 bits per heavy atom. The van der Waals surface area contributed by atoms with Crippen LogP contribution in [0.1, 0.15) is 40.5 Å². The van der Waals surface area contributed by atoms with Crippen LogP contribution in [0.2, 0.25) is 0 Å². The lowest BCUT2D eigenvalue weighted by Gasteiger charge is -2.29. The fourth-order valence-corrected chi connectivity index (χ4v) is 3.40. The van der Waals surface area contributed by atoms with Gasteiger partial charge in [-0.3, -0.25) is 9.48 Å². The molecule has 1 amide bonds. The Hall–Kier alpha value is -2.50. The molecule has 0 saturated heterocycles. The maximum absolute atomic E-state index is 13.0. The average Bonchev–Trinajstić information content (AvgIpc) is 3.00. The summed E-state index contributed by atoms with van der Waals surface area (Å²) in [7, 11) is 5.16. The first-order chi connectivity index (χ1) is 12.1. The van der Waals surface area contributed by atoms with Gasteiger partial charge in [-0.2, -0.15) is 5.10 Å². The standard InChI is InChI=1S/C19H25N3O3/c1-5-6-16-15(11-20-21(16)2)19(23)22-8-7-13-9-17(24-3)18(25-4)10-14(13)12-22/h9-11H,5-8,12H2,1-4H3. The van der Waals surface area contributed by atoms with E-state index in [0.717, 1.165) is 36.3 Å². The Kier molecular flexibility index (Phi) is 4.97. The van der Waals surface area contributed by atoms with Gasteiger partial charge >= 0.3 is 0 Å². The van der Waals surface area contributed by atoms with Crippen molar-refractivity contribution in [1.29, 1.82) is 0 Å². The van der Waals surface area contributed by atoms with E-state index in [4.69, 9.17) is 9.47 Å². The van der Waals surface area contributed by atoms with Gasteiger partial charge in [0.25, 0.3) is 5.91 Å². The van der Waals surface area contributed by atoms with Crippen LogP contribution in [0, 0.1) is 0 Å². The number of nitrogens with zero attached hydrogens (tertiary/aromatic N) is 3. The molecule has 6 heteroatoms. The zero-order valence-electron chi connectivity index (χ0n) is 15.3. The second kappa shape index (κ2) is 7.17. The van der Waals surface area contributed by atoms with E-state index in [1.807, 2.05) is 28.8 Å². The number of carbonyl (C=O) groups is 1. The molecule has 0 radical (unpaired) electrons. The van der Waals surface area contributed by atoms with Crippen molar-refractivity contribution in [1.82, 2.24) is 14.7 Å². The summed E-state index contributed by atoms with van der Waals surface area (Å²) in [5.74, 6) is 1.49. The molecule has 0 fully saturated rings. The van der Waals surface area contributed by atoms with E-state index in [9.17, 15) is 4.79 Å². The van der Waals surface area contributed by atoms with Crippen LogP contribution in [0.3, 0.4) is 0 Å². The molecule has 0 aliphatic carbocycles. The molecule has 0 unspecified atom stereocenters. The van der Waals surface area contributed by atoms with E-state index in [2.05, 4.69) is 12.0 Å². The van der Waals surface area contributed by atoms with Crippen LogP contribution in [-0.4, -0.2) is 41.4 Å². The minimum atomic E-state index is 0.0528. The predicted octanol–water partition coefficient (Wildman–Crippen LogP) is 2.59. The van der Waals surface area contributed by atoms with Crippen LogP contribution >= 0.6 is 0 Å². The molecule has 3 rings (SSSR count). The van der Waals surface area contributed by atoms with Crippen LogP contribution in [0.4, 0.5) is 0 Å². The third kappa shape index (κ3) is 3.21. The number of fused-ring (bicyclic) bond motifs is 1. The minimum absolute atomic E-state index is 0.0528. The zero-order valence-corrected chi connectivity index (χ0v) is 15.3. The summed E-state index contributed by atoms with van der Waals surface area (Å²) < 4.78 is 12.6. The van der Waals surface area contributed by atoms with E-state index in [0.29, 0.717) is 24.4 Å². The van der Waals surface area contributed by atoms with Crippen LogP contribution < -0.4 is 9.47 Å². The minimum Gasteiger partial charge on any atom is -0.493 e. The third-order valence-corrected chi connectivity index (χ3v) is 4.78. The first-order valence-corrected chi connectivity index (χ1v) is 8.63. The summed E-state index contributed by atoms with van der Waals surface area (Å²) >= 11 is 0. The number of amides is 1. The molecule has 0 spiro atoms. The summed E-state index contributed by atoms with van der Waals surface area (Å²) in [6, 6.07) is 3.99. The van der Waals surface area contributed by atoms with E-state index in [1.54, 1.807) is 20.4 Å². The van der Waals surface area contributed by atoms with Gasteiger partial charge in [0.1, 0.15) is 0 Å². The summed E-state index contributed by atoms with van der Waals surface area (Å²) in [6.45, 7) is 3.38. The van der Waals surface area contributed by atoms with Crippen molar-refractivity contribution >= 4 is 5.91 Å². The monoisotopic (exact) mass is 343 g/mol. The maximum Gasteiger partial charge on any atom is 0.257 e. The fourth-order valence-electron chi connectivity index (χ4n) is 3.40. The number of carbonyl (C=O) groups excluding carboxylic acids is 1. The van der Waals surface area contributed by atoms with Crippen molar-refractivity contribution in [3.05, 3.63) is 40.7 Å². The topological polar surface area (TPSA) is 56.6 Å². The highest BCUT2D eigenvalue weighted by Gasteiger charge is 2.26. The van der Waals surface area contributed by atoms with E-state index >= 15 is 0 Å². The maximum atomic E-state index is 13.0. The van der Waals surface area contributed by atoms with Gasteiger partial charge in [-0.1, -0.05) is 13.3 Å². The van der Waals surface area contributed by atoms with Gasteiger partial charge in [-0.15, -0.1) is 0 Å². The number of methoxy groups -OCH3 is 2. The lowest BCUT2D eigenvalue weighted by atomic mass is 9.98. The number of benzene rings is 1. The van der Waals surface area contributed by atoms with E-state index in [-0.39, 0.29) is 5.91 Å². The first-order valence-electron chi connectivity index (χ1n) is 8.63. The Morgan fingerprint density at radius 3 is 2.52 bits per heavy atom. The second-order valence-corrected chi connectivity index (χ2v) is 6.33. The largest absolute Gasteiger partial charge is 0.493 e. The fraction of sp³-hybridized carbons (Fsp3) is 0.474. The summed E-state index contributed by atoms with van der Waals surface area (Å²) in [5, 5.41) is 4.28. The van der Waals surface area contributed by atoms with Gasteiger partial charge in [-0.25, -0.2) is 0 Å². The van der Waals surface area contributed by atoms with E-state index < -0.39 is 0 Å². The number of ether oxygens (including phenoxy) is 2. The molecular weight excluding hydrogens is 318 g/mol. The van der Waals surface area contributed by atoms with Gasteiger partial charge in [0.05, 0.1) is 31.7 Å². The molecule has 6 nitrogen and oxygen atoms in total. The lowest BCUT2D eigenvalue weighted by Crippen LogP contribution is -2.36. The van der Waals surface area contributed by atoms with Crippen molar-refractivity contribution in [3.63, 3.8) is 0 Å². The molecule has 0 bridgehead atoms. The van der Waals surface area contributed by atoms with Crippen molar-refractivity contribution < 1.29 is 14.3 Å². The zero-order chi connectivity index (χ0) is 18.0. The third-order valence-electron chi connectivity index (χ3n) is 4.78. The Labute approximate surface area is 148 Å². The first kappa shape index (κ1) is 17.3. The molecule has 0 saturated carbocycles. The van der Waals surface area contributed by atoms with Gasteiger partial charge in [-0.05, 0) is 36.1 Å². The molecule has 0 atom stereocenters. The molecule has 1 aliphatic rings. The molecule has 2 aromatic rings. The Morgan fingerprint density at radius 1 is 1.20 bits per heavy atom. The highest BCUT2D eigenvalue weighted by molar-refractivity contribution is 5.95. The number of aromatic nitrogens is 2. The Bertz CT molecular complexity index is 782. The van der Waals surface area contributed by atoms with Crippen molar-refractivity contribution in [2.75, 3.05) is 20.8 Å². The Balaban J connectivity index is 1.86. The molecule has 0 N–H and O–H groups in total. The van der Waals surface area contributed by atoms with Crippen molar-refractivity contribution in [2.24, 2.45) is 7.05 Å². The van der Waals surface area contributed by atoms with Gasteiger partial charge in [0, 0.05) is 20.1 Å². The van der Waals surface area contributed by atoms with Crippen LogP contribution in [0.5, 0.6) is 11.5 Å². The van der Waals surface area contributed by atoms with Gasteiger partial charge in [0.2, 0.25) is 0 Å². The number of rotatable bonds is 5. The van der Waals surface area contributed by atoms with E-state index in [1.165, 1.54) is 5.56 Å². The average molecular weight is 343 g/mol. The lowest BCUT2D eigenvalue weighted by molar-refractivity contribution is 0.0733. The number of aryl methyl sites for hydroxylation is 1. The highest BCUT2D eigenvalue weighted by Crippen LogP contribution is 2.33. The molecule has 1 aliphatic heterocycles. The molecule has 1 aromatic carbocycles. The van der Waals surface area contributed by atoms with Crippen molar-refractivity contribution in [2.45, 2.75) is 32.7 Å². The summed E-state index contributed by atoms with van der Waals surface area (Å²) in [6.07, 6.45) is 4.34. The predicted molar refractivity (Wildman–Crippen MR) is 95.2 cm³/mol. The van der Waals surface area contributed by atoms with Gasteiger partial charge < -0.3 is 14.4 Å². The number of hydrogen-bond acceptors (Lipinski definition) is 4. The molecule has 1 aromatic heterocycles. The van der Waals surface area contributed by atoms with Crippen molar-refractivity contribution in [3.8, 4) is 11.5 Å². The number of hydrogen-bond donors (Lipinski definition) is 0. The molecular formula is C19H25N3O3. The second-order valence-electron chi connectivity index (χ2n) is 6.33. The van der Waals surface area contributed by atoms with Gasteiger partial charge in [0.15, 0.2) is 11.5 Å². The van der Waals surface area contributed by atoms with Crippen LogP contribution in [0.25, 0.3) is 0 Å². The smallest absolute Gasteiger partial charge is 0.257 e. The summed E-state index contributed by atoms with van der Waals surface area (Å²) in [5.41, 5.74) is 4.04. The molecule has 134 valence electrons.